The Balaban J connectivity index is 2.17. The van der Waals surface area contributed by atoms with E-state index in [2.05, 4.69) is 31.1 Å². The largest absolute Gasteiger partial charge is 0.314 e. The molecule has 0 aromatic rings. The van der Waals surface area contributed by atoms with Crippen molar-refractivity contribution in [1.29, 1.82) is 0 Å². The lowest BCUT2D eigenvalue weighted by molar-refractivity contribution is 0.340. The van der Waals surface area contributed by atoms with Crippen LogP contribution in [0.5, 0.6) is 0 Å². The van der Waals surface area contributed by atoms with E-state index in [4.69, 9.17) is 0 Å². The lowest BCUT2D eigenvalue weighted by Crippen LogP contribution is -2.41. The van der Waals surface area contributed by atoms with E-state index >= 15 is 0 Å². The van der Waals surface area contributed by atoms with E-state index in [-0.39, 0.29) is 0 Å². The van der Waals surface area contributed by atoms with E-state index in [0.717, 1.165) is 6.04 Å². The molecule has 0 aromatic carbocycles. The zero-order chi connectivity index (χ0) is 10.4. The first kappa shape index (κ1) is 11.7. The zero-order valence-corrected chi connectivity index (χ0v) is 9.55. The Labute approximate surface area is 88.2 Å². The first-order valence-corrected chi connectivity index (χ1v) is 5.84. The van der Waals surface area contributed by atoms with Gasteiger partial charge in [0.2, 0.25) is 0 Å². The molecule has 0 bridgehead atoms. The third kappa shape index (κ3) is 4.25. The summed E-state index contributed by atoms with van der Waals surface area (Å²) >= 11 is 0. The van der Waals surface area contributed by atoms with Crippen LogP contribution in [0.15, 0.2) is 12.7 Å². The van der Waals surface area contributed by atoms with Gasteiger partial charge in [-0.3, -0.25) is 0 Å². The van der Waals surface area contributed by atoms with Crippen molar-refractivity contribution < 1.29 is 0 Å². The Morgan fingerprint density at radius 1 is 1.50 bits per heavy atom. The van der Waals surface area contributed by atoms with Gasteiger partial charge in [0.1, 0.15) is 0 Å². The summed E-state index contributed by atoms with van der Waals surface area (Å²) in [4.78, 5) is 0. The molecule has 3 atom stereocenters. The van der Waals surface area contributed by atoms with Crippen LogP contribution in [0.3, 0.4) is 0 Å². The van der Waals surface area contributed by atoms with Gasteiger partial charge in [0.05, 0.1) is 0 Å². The minimum atomic E-state index is 0.425. The summed E-state index contributed by atoms with van der Waals surface area (Å²) in [7, 11) is 0. The van der Waals surface area contributed by atoms with Gasteiger partial charge in [-0.05, 0) is 39.7 Å². The highest BCUT2D eigenvalue weighted by Crippen LogP contribution is 2.12. The van der Waals surface area contributed by atoms with Crippen molar-refractivity contribution in [2.45, 2.75) is 57.7 Å². The van der Waals surface area contributed by atoms with E-state index in [1.54, 1.807) is 0 Å². The minimum absolute atomic E-state index is 0.425. The SMILES string of the molecule is C=CC(C)NC(C)CC1CCCCN1. The maximum atomic E-state index is 3.78. The van der Waals surface area contributed by atoms with Crippen LogP contribution in [0.1, 0.15) is 39.5 Å². The summed E-state index contributed by atoms with van der Waals surface area (Å²) in [5.41, 5.74) is 0. The van der Waals surface area contributed by atoms with Crippen molar-refractivity contribution in [3.8, 4) is 0 Å². The highest BCUT2D eigenvalue weighted by atomic mass is 15.0. The van der Waals surface area contributed by atoms with Crippen LogP contribution in [0.25, 0.3) is 0 Å². The summed E-state index contributed by atoms with van der Waals surface area (Å²) in [6.07, 6.45) is 7.28. The van der Waals surface area contributed by atoms with Crippen molar-refractivity contribution >= 4 is 0 Å². The standard InChI is InChI=1S/C12H24N2/c1-4-10(2)14-11(3)9-12-7-5-6-8-13-12/h4,10-14H,1,5-9H2,2-3H3. The maximum absolute atomic E-state index is 3.78. The van der Waals surface area contributed by atoms with Crippen LogP contribution < -0.4 is 10.6 Å². The molecule has 1 saturated heterocycles. The molecule has 0 radical (unpaired) electrons. The monoisotopic (exact) mass is 196 g/mol. The van der Waals surface area contributed by atoms with Gasteiger partial charge in [-0.25, -0.2) is 0 Å². The Morgan fingerprint density at radius 3 is 2.86 bits per heavy atom. The molecule has 0 saturated carbocycles. The van der Waals surface area contributed by atoms with Crippen LogP contribution in [0.2, 0.25) is 0 Å². The van der Waals surface area contributed by atoms with Gasteiger partial charge in [0.25, 0.3) is 0 Å². The van der Waals surface area contributed by atoms with Gasteiger partial charge in [-0.1, -0.05) is 12.5 Å². The summed E-state index contributed by atoms with van der Waals surface area (Å²) in [5.74, 6) is 0. The summed E-state index contributed by atoms with van der Waals surface area (Å²) in [6, 6.07) is 1.73. The molecule has 1 heterocycles. The molecule has 82 valence electrons. The zero-order valence-electron chi connectivity index (χ0n) is 9.55. The molecule has 0 aromatic heterocycles. The van der Waals surface area contributed by atoms with Crippen LogP contribution in [-0.2, 0) is 0 Å². The second-order valence-electron chi connectivity index (χ2n) is 4.47. The number of nitrogens with one attached hydrogen (secondary N) is 2. The molecule has 1 aliphatic heterocycles. The molecule has 0 aliphatic carbocycles. The molecular formula is C12H24N2. The van der Waals surface area contributed by atoms with Gasteiger partial charge < -0.3 is 10.6 Å². The van der Waals surface area contributed by atoms with Gasteiger partial charge in [-0.2, -0.15) is 0 Å². The maximum Gasteiger partial charge on any atom is 0.0221 e. The fraction of sp³-hybridized carbons (Fsp3) is 0.833. The fourth-order valence-electron chi connectivity index (χ4n) is 2.14. The van der Waals surface area contributed by atoms with E-state index in [1.165, 1.54) is 32.2 Å². The minimum Gasteiger partial charge on any atom is -0.314 e. The highest BCUT2D eigenvalue weighted by Gasteiger charge is 2.15. The number of hydrogen-bond acceptors (Lipinski definition) is 2. The van der Waals surface area contributed by atoms with Gasteiger partial charge in [-0.15, -0.1) is 6.58 Å². The fourth-order valence-corrected chi connectivity index (χ4v) is 2.14. The Hall–Kier alpha value is -0.340. The quantitative estimate of drug-likeness (QED) is 0.658. The summed E-state index contributed by atoms with van der Waals surface area (Å²) in [6.45, 7) is 9.40. The second-order valence-corrected chi connectivity index (χ2v) is 4.47. The normalized spacial score (nSPS) is 26.9. The van der Waals surface area contributed by atoms with Crippen LogP contribution in [-0.4, -0.2) is 24.7 Å². The average Bonchev–Trinajstić information content (AvgIpc) is 2.19. The van der Waals surface area contributed by atoms with Crippen LogP contribution in [0.4, 0.5) is 0 Å². The third-order valence-electron chi connectivity index (χ3n) is 2.95. The smallest absolute Gasteiger partial charge is 0.0221 e. The van der Waals surface area contributed by atoms with Gasteiger partial charge in [0, 0.05) is 18.1 Å². The van der Waals surface area contributed by atoms with E-state index in [1.807, 2.05) is 6.08 Å². The molecule has 1 fully saturated rings. The molecule has 2 heteroatoms. The van der Waals surface area contributed by atoms with Crippen molar-refractivity contribution in [2.75, 3.05) is 6.54 Å². The van der Waals surface area contributed by atoms with Gasteiger partial charge >= 0.3 is 0 Å². The molecule has 0 spiro atoms. The first-order chi connectivity index (χ1) is 6.72. The van der Waals surface area contributed by atoms with Crippen molar-refractivity contribution in [3.63, 3.8) is 0 Å². The Kier molecular flexibility index (Phi) is 5.20. The average molecular weight is 196 g/mol. The molecule has 3 unspecified atom stereocenters. The number of hydrogen-bond donors (Lipinski definition) is 2. The van der Waals surface area contributed by atoms with E-state index in [9.17, 15) is 0 Å². The summed E-state index contributed by atoms with van der Waals surface area (Å²) < 4.78 is 0. The molecule has 1 aliphatic rings. The highest BCUT2D eigenvalue weighted by molar-refractivity contribution is 4.85. The molecule has 1 rings (SSSR count). The second kappa shape index (κ2) is 6.20. The molecule has 0 amide bonds. The predicted molar refractivity (Wildman–Crippen MR) is 62.5 cm³/mol. The predicted octanol–water partition coefficient (Wildman–Crippen LogP) is 2.07. The number of piperidine rings is 1. The van der Waals surface area contributed by atoms with Crippen molar-refractivity contribution in [1.82, 2.24) is 10.6 Å². The van der Waals surface area contributed by atoms with Crippen LogP contribution >= 0.6 is 0 Å². The Morgan fingerprint density at radius 2 is 2.29 bits per heavy atom. The van der Waals surface area contributed by atoms with Crippen molar-refractivity contribution in [2.24, 2.45) is 0 Å². The van der Waals surface area contributed by atoms with Gasteiger partial charge in [0.15, 0.2) is 0 Å². The number of rotatable bonds is 5. The molecule has 2 nitrogen and oxygen atoms in total. The lowest BCUT2D eigenvalue weighted by atomic mass is 9.98. The van der Waals surface area contributed by atoms with E-state index < -0.39 is 0 Å². The summed E-state index contributed by atoms with van der Waals surface area (Å²) in [5, 5.41) is 7.09. The molecular weight excluding hydrogens is 172 g/mol. The molecule has 14 heavy (non-hydrogen) atoms. The first-order valence-electron chi connectivity index (χ1n) is 5.84. The third-order valence-corrected chi connectivity index (χ3v) is 2.95. The van der Waals surface area contributed by atoms with Crippen molar-refractivity contribution in [3.05, 3.63) is 12.7 Å². The van der Waals surface area contributed by atoms with E-state index in [0.29, 0.717) is 12.1 Å². The molecule has 2 N–H and O–H groups in total. The Bertz CT molecular complexity index is 162. The van der Waals surface area contributed by atoms with Crippen LogP contribution in [0, 0.1) is 0 Å². The topological polar surface area (TPSA) is 24.1 Å². The lowest BCUT2D eigenvalue weighted by Gasteiger charge is -2.27.